The highest BCUT2D eigenvalue weighted by molar-refractivity contribution is 7.98. The maximum atomic E-state index is 9.46. The average molecular weight is 368 g/mol. The lowest BCUT2D eigenvalue weighted by molar-refractivity contribution is 1.22. The van der Waals surface area contributed by atoms with E-state index in [1.807, 2.05) is 31.4 Å². The number of benzene rings is 2. The van der Waals surface area contributed by atoms with Gasteiger partial charge in [0.05, 0.1) is 15.6 Å². The molecule has 0 heterocycles. The Balaban J connectivity index is 2.75. The van der Waals surface area contributed by atoms with Gasteiger partial charge in [-0.05, 0) is 59.9 Å². The van der Waals surface area contributed by atoms with E-state index in [2.05, 4.69) is 18.4 Å². The highest BCUT2D eigenvalue weighted by Crippen LogP contribution is 2.37. The fourth-order valence-corrected chi connectivity index (χ4v) is 3.98. The summed E-state index contributed by atoms with van der Waals surface area (Å²) in [6, 6.07) is 10.1. The van der Waals surface area contributed by atoms with E-state index in [-0.39, 0.29) is 0 Å². The van der Waals surface area contributed by atoms with Crippen LogP contribution < -0.4 is 0 Å². The summed E-state index contributed by atoms with van der Waals surface area (Å²) in [4.78, 5) is 0.992. The van der Waals surface area contributed by atoms with E-state index in [4.69, 9.17) is 23.2 Å². The molecule has 0 unspecified atom stereocenters. The largest absolute Gasteiger partial charge is 0.192 e. The minimum absolute atomic E-state index is 0.544. The first kappa shape index (κ1) is 17.6. The molecule has 22 heavy (non-hydrogen) atoms. The quantitative estimate of drug-likeness (QED) is 0.582. The van der Waals surface area contributed by atoms with Crippen molar-refractivity contribution in [3.8, 4) is 17.2 Å². The van der Waals surface area contributed by atoms with Crippen LogP contribution in [0.3, 0.4) is 0 Å². The Bertz CT molecular complexity index is 751. The van der Waals surface area contributed by atoms with E-state index in [9.17, 15) is 5.26 Å². The summed E-state index contributed by atoms with van der Waals surface area (Å²) >= 11 is 15.5. The molecule has 1 nitrogen and oxygen atoms in total. The van der Waals surface area contributed by atoms with Gasteiger partial charge in [-0.3, -0.25) is 0 Å². The lowest BCUT2D eigenvalue weighted by Crippen LogP contribution is -1.98. The van der Waals surface area contributed by atoms with Gasteiger partial charge in [-0.1, -0.05) is 29.3 Å². The van der Waals surface area contributed by atoms with Crippen LogP contribution in [0.1, 0.15) is 16.7 Å². The van der Waals surface area contributed by atoms with E-state index >= 15 is 0 Å². The second-order valence-electron chi connectivity index (χ2n) is 4.78. The van der Waals surface area contributed by atoms with Crippen molar-refractivity contribution >= 4 is 46.7 Å². The third-order valence-electron chi connectivity index (χ3n) is 3.53. The smallest absolute Gasteiger partial charge is 0.101 e. The van der Waals surface area contributed by atoms with Gasteiger partial charge in [0, 0.05) is 10.6 Å². The van der Waals surface area contributed by atoms with Gasteiger partial charge in [0.25, 0.3) is 0 Å². The molecule has 0 amide bonds. The highest BCUT2D eigenvalue weighted by atomic mass is 35.5. The minimum Gasteiger partial charge on any atom is -0.192 e. The first-order valence-corrected chi connectivity index (χ1v) is 9.95. The van der Waals surface area contributed by atoms with Gasteiger partial charge in [-0.2, -0.15) is 17.0 Å². The summed E-state index contributed by atoms with van der Waals surface area (Å²) in [6.45, 7) is 2.02. The molecule has 0 saturated carbocycles. The summed E-state index contributed by atoms with van der Waals surface area (Å²) in [5, 5.41) is 10.5. The second-order valence-corrected chi connectivity index (χ2v) is 7.31. The van der Waals surface area contributed by atoms with Crippen molar-refractivity contribution in [3.63, 3.8) is 0 Å². The molecule has 0 aliphatic rings. The summed E-state index contributed by atoms with van der Waals surface area (Å²) in [6.07, 6.45) is 4.05. The third-order valence-corrected chi connectivity index (χ3v) is 5.60. The summed E-state index contributed by atoms with van der Waals surface area (Å²) in [5.74, 6) is 0.852. The van der Waals surface area contributed by atoms with Crippen molar-refractivity contribution in [2.24, 2.45) is 0 Å². The summed E-state index contributed by atoms with van der Waals surface area (Å²) < 4.78 is 0. The molecular formula is C17H15Cl2NS2. The average Bonchev–Trinajstić information content (AvgIpc) is 2.51. The van der Waals surface area contributed by atoms with Crippen molar-refractivity contribution in [1.82, 2.24) is 0 Å². The predicted molar refractivity (Wildman–Crippen MR) is 100 cm³/mol. The maximum absolute atomic E-state index is 9.46. The fourth-order valence-electron chi connectivity index (χ4n) is 2.38. The van der Waals surface area contributed by atoms with Gasteiger partial charge in [0.1, 0.15) is 6.07 Å². The predicted octanol–water partition coefficient (Wildman–Crippen LogP) is 6.43. The van der Waals surface area contributed by atoms with Crippen LogP contribution >= 0.6 is 46.7 Å². The normalized spacial score (nSPS) is 10.5. The lowest BCUT2D eigenvalue weighted by Gasteiger charge is -2.17. The van der Waals surface area contributed by atoms with Crippen molar-refractivity contribution in [3.05, 3.63) is 51.0 Å². The molecular weight excluding hydrogens is 353 g/mol. The first-order chi connectivity index (χ1) is 10.5. The third kappa shape index (κ3) is 3.41. The Kier molecular flexibility index (Phi) is 6.11. The minimum atomic E-state index is 0.544. The van der Waals surface area contributed by atoms with E-state index in [0.717, 1.165) is 32.9 Å². The zero-order chi connectivity index (χ0) is 16.3. The van der Waals surface area contributed by atoms with Crippen molar-refractivity contribution < 1.29 is 0 Å². The number of hydrogen-bond acceptors (Lipinski definition) is 3. The fraction of sp³-hybridized carbons (Fsp3) is 0.235. The van der Waals surface area contributed by atoms with Crippen LogP contribution in [-0.2, 0) is 5.75 Å². The van der Waals surface area contributed by atoms with Gasteiger partial charge < -0.3 is 0 Å². The zero-order valence-corrected chi connectivity index (χ0v) is 15.7. The summed E-state index contributed by atoms with van der Waals surface area (Å²) in [7, 11) is 0. The Morgan fingerprint density at radius 3 is 2.41 bits per heavy atom. The molecule has 0 bridgehead atoms. The van der Waals surface area contributed by atoms with E-state index in [1.165, 1.54) is 5.56 Å². The molecule has 0 N–H and O–H groups in total. The van der Waals surface area contributed by atoms with E-state index in [0.29, 0.717) is 10.0 Å². The van der Waals surface area contributed by atoms with Crippen molar-refractivity contribution in [2.45, 2.75) is 17.6 Å². The molecule has 0 saturated heterocycles. The Hall–Kier alpha value is -0.790. The van der Waals surface area contributed by atoms with Crippen LogP contribution in [0.4, 0.5) is 0 Å². The second kappa shape index (κ2) is 7.66. The van der Waals surface area contributed by atoms with Crippen LogP contribution in [0.25, 0.3) is 11.1 Å². The van der Waals surface area contributed by atoms with Gasteiger partial charge >= 0.3 is 0 Å². The number of nitrogens with zero attached hydrogens (tertiary/aromatic N) is 1. The molecule has 0 fully saturated rings. The zero-order valence-electron chi connectivity index (χ0n) is 12.5. The van der Waals surface area contributed by atoms with Gasteiger partial charge in [-0.25, -0.2) is 0 Å². The van der Waals surface area contributed by atoms with Crippen LogP contribution in [0.5, 0.6) is 0 Å². The van der Waals surface area contributed by atoms with Crippen molar-refractivity contribution in [1.29, 1.82) is 5.26 Å². The molecule has 0 aliphatic heterocycles. The van der Waals surface area contributed by atoms with Gasteiger partial charge in [0.2, 0.25) is 0 Å². The summed E-state index contributed by atoms with van der Waals surface area (Å²) in [5.41, 5.74) is 5.14. The SMILES string of the molecule is CSCc1c(-c2ccc(Cl)c(Cl)c2)cc(SC)c(C#N)c1C. The topological polar surface area (TPSA) is 23.8 Å². The van der Waals surface area contributed by atoms with Crippen LogP contribution in [0, 0.1) is 18.3 Å². The molecule has 5 heteroatoms. The number of hydrogen-bond donors (Lipinski definition) is 0. The first-order valence-electron chi connectivity index (χ1n) is 6.58. The number of thioether (sulfide) groups is 2. The molecule has 0 aromatic heterocycles. The number of rotatable bonds is 4. The molecule has 114 valence electrons. The van der Waals surface area contributed by atoms with Gasteiger partial charge in [0.15, 0.2) is 0 Å². The monoisotopic (exact) mass is 367 g/mol. The van der Waals surface area contributed by atoms with Crippen LogP contribution in [0.2, 0.25) is 10.0 Å². The molecule has 2 aromatic rings. The molecule has 0 radical (unpaired) electrons. The Labute approximate surface area is 150 Å². The number of halogens is 2. The molecule has 0 aliphatic carbocycles. The number of nitriles is 1. The standard InChI is InChI=1S/C17H15Cl2NS2/c1-10-13(8-20)17(22-3)7-12(14(10)9-21-2)11-4-5-15(18)16(19)6-11/h4-7H,9H2,1-3H3. The van der Waals surface area contributed by atoms with Gasteiger partial charge in [-0.15, -0.1) is 11.8 Å². The molecule has 2 rings (SSSR count). The molecule has 0 spiro atoms. The van der Waals surface area contributed by atoms with Crippen LogP contribution in [-0.4, -0.2) is 12.5 Å². The van der Waals surface area contributed by atoms with Crippen molar-refractivity contribution in [2.75, 3.05) is 12.5 Å². The maximum Gasteiger partial charge on any atom is 0.101 e. The highest BCUT2D eigenvalue weighted by Gasteiger charge is 2.16. The van der Waals surface area contributed by atoms with Crippen LogP contribution in [0.15, 0.2) is 29.2 Å². The molecule has 0 atom stereocenters. The van der Waals surface area contributed by atoms with E-state index in [1.54, 1.807) is 23.5 Å². The Morgan fingerprint density at radius 1 is 1.14 bits per heavy atom. The Morgan fingerprint density at radius 2 is 1.86 bits per heavy atom. The molecule has 2 aromatic carbocycles. The van der Waals surface area contributed by atoms with E-state index < -0.39 is 0 Å². The lowest BCUT2D eigenvalue weighted by atomic mass is 9.94.